The fourth-order valence-electron chi connectivity index (χ4n) is 3.29. The molecule has 0 bridgehead atoms. The summed E-state index contributed by atoms with van der Waals surface area (Å²) in [5, 5.41) is 0. The number of allylic oxidation sites excluding steroid dienone is 1. The summed E-state index contributed by atoms with van der Waals surface area (Å²) in [6.45, 7) is 10.5. The van der Waals surface area contributed by atoms with Crippen LogP contribution in [0.25, 0.3) is 0 Å². The quantitative estimate of drug-likeness (QED) is 0.636. The highest BCUT2D eigenvalue weighted by molar-refractivity contribution is 5.91. The van der Waals surface area contributed by atoms with Crippen LogP contribution in [0.4, 0.5) is 0 Å². The van der Waals surface area contributed by atoms with Crippen LogP contribution >= 0.6 is 0 Å². The zero-order valence-electron chi connectivity index (χ0n) is 11.0. The standard InChI is InChI=1S/C15H26O/c1-5-7-12-10-13(15(16)6-2)8-9-14(12)11(3)4/h6,11-14H,2,5,7-10H2,1,3-4H3. The molecule has 1 nitrogen and oxygen atoms in total. The molecule has 1 rings (SSSR count). The Hall–Kier alpha value is -0.590. The van der Waals surface area contributed by atoms with Crippen molar-refractivity contribution in [2.45, 2.75) is 52.9 Å². The first kappa shape index (κ1) is 13.5. The van der Waals surface area contributed by atoms with Crippen LogP contribution < -0.4 is 0 Å². The third-order valence-corrected chi connectivity index (χ3v) is 4.16. The molecule has 0 aromatic heterocycles. The highest BCUT2D eigenvalue weighted by Gasteiger charge is 2.33. The molecule has 1 saturated carbocycles. The van der Waals surface area contributed by atoms with Crippen LogP contribution in [-0.2, 0) is 4.79 Å². The SMILES string of the molecule is C=CC(=O)C1CCC(C(C)C)C(CCC)C1. The van der Waals surface area contributed by atoms with E-state index in [1.54, 1.807) is 0 Å². The molecule has 3 unspecified atom stereocenters. The molecule has 1 aliphatic rings. The number of ketones is 1. The second-order valence-corrected chi connectivity index (χ2v) is 5.57. The van der Waals surface area contributed by atoms with Gasteiger partial charge in [-0.1, -0.05) is 40.2 Å². The number of hydrogen-bond acceptors (Lipinski definition) is 1. The highest BCUT2D eigenvalue weighted by Crippen LogP contribution is 2.40. The van der Waals surface area contributed by atoms with Gasteiger partial charge < -0.3 is 0 Å². The average Bonchev–Trinajstić information content (AvgIpc) is 2.28. The summed E-state index contributed by atoms with van der Waals surface area (Å²) < 4.78 is 0. The Bertz CT molecular complexity index is 242. The van der Waals surface area contributed by atoms with Gasteiger partial charge in [-0.2, -0.15) is 0 Å². The molecular weight excluding hydrogens is 196 g/mol. The Kier molecular flexibility index (Phi) is 5.24. The zero-order valence-corrected chi connectivity index (χ0v) is 11.0. The second kappa shape index (κ2) is 6.22. The van der Waals surface area contributed by atoms with Gasteiger partial charge >= 0.3 is 0 Å². The molecule has 3 atom stereocenters. The Balaban J connectivity index is 2.64. The van der Waals surface area contributed by atoms with Crippen LogP contribution in [0.2, 0.25) is 0 Å². The molecule has 16 heavy (non-hydrogen) atoms. The maximum absolute atomic E-state index is 11.7. The van der Waals surface area contributed by atoms with E-state index in [0.29, 0.717) is 0 Å². The van der Waals surface area contributed by atoms with Crippen molar-refractivity contribution in [2.75, 3.05) is 0 Å². The Morgan fingerprint density at radius 2 is 2.12 bits per heavy atom. The molecule has 0 aliphatic heterocycles. The summed E-state index contributed by atoms with van der Waals surface area (Å²) in [5.74, 6) is 2.88. The van der Waals surface area contributed by atoms with E-state index in [1.807, 2.05) is 0 Å². The maximum atomic E-state index is 11.7. The van der Waals surface area contributed by atoms with E-state index in [0.717, 1.165) is 30.6 Å². The van der Waals surface area contributed by atoms with E-state index in [2.05, 4.69) is 27.4 Å². The lowest BCUT2D eigenvalue weighted by molar-refractivity contribution is -0.120. The van der Waals surface area contributed by atoms with Gasteiger partial charge in [-0.05, 0) is 43.1 Å². The molecule has 0 N–H and O–H groups in total. The second-order valence-electron chi connectivity index (χ2n) is 5.57. The summed E-state index contributed by atoms with van der Waals surface area (Å²) in [6, 6.07) is 0. The first-order chi connectivity index (χ1) is 7.60. The maximum Gasteiger partial charge on any atom is 0.158 e. The van der Waals surface area contributed by atoms with Gasteiger partial charge in [0.1, 0.15) is 0 Å². The van der Waals surface area contributed by atoms with Crippen molar-refractivity contribution in [1.82, 2.24) is 0 Å². The predicted octanol–water partition coefficient (Wildman–Crippen LogP) is 4.23. The average molecular weight is 222 g/mol. The van der Waals surface area contributed by atoms with Crippen LogP contribution in [0.5, 0.6) is 0 Å². The molecule has 0 radical (unpaired) electrons. The first-order valence-corrected chi connectivity index (χ1v) is 6.76. The fraction of sp³-hybridized carbons (Fsp3) is 0.800. The van der Waals surface area contributed by atoms with Crippen molar-refractivity contribution in [1.29, 1.82) is 0 Å². The van der Waals surface area contributed by atoms with Gasteiger partial charge in [0.25, 0.3) is 0 Å². The van der Waals surface area contributed by atoms with Gasteiger partial charge in [0.15, 0.2) is 5.78 Å². The smallest absolute Gasteiger partial charge is 0.158 e. The van der Waals surface area contributed by atoms with E-state index in [1.165, 1.54) is 25.3 Å². The Morgan fingerprint density at radius 1 is 1.44 bits per heavy atom. The van der Waals surface area contributed by atoms with Crippen molar-refractivity contribution >= 4 is 5.78 Å². The molecule has 1 heteroatoms. The lowest BCUT2D eigenvalue weighted by Crippen LogP contribution is -2.31. The Labute approximate surface area is 100 Å². The van der Waals surface area contributed by atoms with Crippen LogP contribution in [0.3, 0.4) is 0 Å². The van der Waals surface area contributed by atoms with Gasteiger partial charge in [-0.25, -0.2) is 0 Å². The van der Waals surface area contributed by atoms with E-state index in [-0.39, 0.29) is 11.7 Å². The van der Waals surface area contributed by atoms with Crippen LogP contribution in [-0.4, -0.2) is 5.78 Å². The van der Waals surface area contributed by atoms with E-state index >= 15 is 0 Å². The fourth-order valence-corrected chi connectivity index (χ4v) is 3.29. The lowest BCUT2D eigenvalue weighted by Gasteiger charge is -2.37. The topological polar surface area (TPSA) is 17.1 Å². The molecular formula is C15H26O. The predicted molar refractivity (Wildman–Crippen MR) is 69.3 cm³/mol. The summed E-state index contributed by atoms with van der Waals surface area (Å²) in [5.41, 5.74) is 0. The zero-order chi connectivity index (χ0) is 12.1. The van der Waals surface area contributed by atoms with Gasteiger partial charge in [-0.3, -0.25) is 4.79 Å². The largest absolute Gasteiger partial charge is 0.295 e. The number of carbonyl (C=O) groups excluding carboxylic acids is 1. The normalized spacial score (nSPS) is 30.4. The highest BCUT2D eigenvalue weighted by atomic mass is 16.1. The Morgan fingerprint density at radius 3 is 2.62 bits per heavy atom. The van der Waals surface area contributed by atoms with Gasteiger partial charge in [-0.15, -0.1) is 0 Å². The lowest BCUT2D eigenvalue weighted by atomic mass is 9.67. The molecule has 0 heterocycles. The van der Waals surface area contributed by atoms with Crippen molar-refractivity contribution in [3.8, 4) is 0 Å². The van der Waals surface area contributed by atoms with Crippen LogP contribution in [0.1, 0.15) is 52.9 Å². The molecule has 0 aromatic carbocycles. The summed E-state index contributed by atoms with van der Waals surface area (Å²) in [7, 11) is 0. The molecule has 1 aliphatic carbocycles. The van der Waals surface area contributed by atoms with E-state index in [9.17, 15) is 4.79 Å². The number of hydrogen-bond donors (Lipinski definition) is 0. The molecule has 92 valence electrons. The first-order valence-electron chi connectivity index (χ1n) is 6.76. The van der Waals surface area contributed by atoms with Gasteiger partial charge in [0.2, 0.25) is 0 Å². The van der Waals surface area contributed by atoms with Crippen molar-refractivity contribution in [3.05, 3.63) is 12.7 Å². The van der Waals surface area contributed by atoms with E-state index in [4.69, 9.17) is 0 Å². The van der Waals surface area contributed by atoms with E-state index < -0.39 is 0 Å². The summed E-state index contributed by atoms with van der Waals surface area (Å²) >= 11 is 0. The monoisotopic (exact) mass is 222 g/mol. The number of rotatable bonds is 5. The van der Waals surface area contributed by atoms with Crippen LogP contribution in [0.15, 0.2) is 12.7 Å². The minimum Gasteiger partial charge on any atom is -0.295 e. The van der Waals surface area contributed by atoms with Crippen molar-refractivity contribution in [2.24, 2.45) is 23.7 Å². The number of carbonyl (C=O) groups is 1. The third-order valence-electron chi connectivity index (χ3n) is 4.16. The van der Waals surface area contributed by atoms with Crippen LogP contribution in [0, 0.1) is 23.7 Å². The summed E-state index contributed by atoms with van der Waals surface area (Å²) in [4.78, 5) is 11.7. The molecule has 0 aromatic rings. The molecule has 1 fully saturated rings. The summed E-state index contributed by atoms with van der Waals surface area (Å²) in [6.07, 6.45) is 7.44. The molecule has 0 spiro atoms. The minimum absolute atomic E-state index is 0.267. The third kappa shape index (κ3) is 3.20. The molecule has 0 amide bonds. The minimum atomic E-state index is 0.267. The van der Waals surface area contributed by atoms with Crippen molar-refractivity contribution < 1.29 is 4.79 Å². The van der Waals surface area contributed by atoms with Crippen molar-refractivity contribution in [3.63, 3.8) is 0 Å². The van der Waals surface area contributed by atoms with Gasteiger partial charge in [0, 0.05) is 5.92 Å². The van der Waals surface area contributed by atoms with Gasteiger partial charge in [0.05, 0.1) is 0 Å². The molecule has 0 saturated heterocycles.